The molecule has 100 valence electrons. The van der Waals surface area contributed by atoms with Gasteiger partial charge in [-0.15, -0.1) is 0 Å². The zero-order valence-corrected chi connectivity index (χ0v) is 11.3. The molecule has 0 bridgehead atoms. The maximum Gasteiger partial charge on any atom is 0.181 e. The van der Waals surface area contributed by atoms with E-state index in [0.717, 1.165) is 29.6 Å². The van der Waals surface area contributed by atoms with Crippen LogP contribution in [0.2, 0.25) is 0 Å². The molecule has 1 aliphatic rings. The van der Waals surface area contributed by atoms with E-state index in [1.165, 1.54) is 38.5 Å². The highest BCUT2D eigenvalue weighted by molar-refractivity contribution is 5.53. The van der Waals surface area contributed by atoms with Crippen LogP contribution in [0, 0.1) is 5.92 Å². The SMILES string of the molecule is c1ccc(-c2n[nH]c(CC3CCCCCC3)n2)cc1. The third-order valence-corrected chi connectivity index (χ3v) is 4.02. The first kappa shape index (κ1) is 12.4. The lowest BCUT2D eigenvalue weighted by Crippen LogP contribution is -2.04. The van der Waals surface area contributed by atoms with Crippen molar-refractivity contribution in [1.82, 2.24) is 15.2 Å². The molecule has 3 heteroatoms. The Morgan fingerprint density at radius 3 is 2.47 bits per heavy atom. The van der Waals surface area contributed by atoms with Gasteiger partial charge in [0, 0.05) is 12.0 Å². The van der Waals surface area contributed by atoms with Gasteiger partial charge >= 0.3 is 0 Å². The first-order chi connectivity index (χ1) is 9.42. The van der Waals surface area contributed by atoms with Crippen LogP contribution in [-0.4, -0.2) is 15.2 Å². The van der Waals surface area contributed by atoms with Crippen LogP contribution in [0.4, 0.5) is 0 Å². The maximum atomic E-state index is 4.64. The van der Waals surface area contributed by atoms with Crippen LogP contribution >= 0.6 is 0 Å². The van der Waals surface area contributed by atoms with Crippen LogP contribution in [0.3, 0.4) is 0 Å². The fraction of sp³-hybridized carbons (Fsp3) is 0.500. The largest absolute Gasteiger partial charge is 0.263 e. The Labute approximate surface area is 114 Å². The Morgan fingerprint density at radius 1 is 1.00 bits per heavy atom. The Balaban J connectivity index is 1.68. The summed E-state index contributed by atoms with van der Waals surface area (Å²) in [6, 6.07) is 10.2. The van der Waals surface area contributed by atoms with Crippen molar-refractivity contribution in [3.8, 4) is 11.4 Å². The van der Waals surface area contributed by atoms with Crippen molar-refractivity contribution in [2.45, 2.75) is 44.9 Å². The van der Waals surface area contributed by atoms with Gasteiger partial charge in [0.1, 0.15) is 5.82 Å². The summed E-state index contributed by atoms with van der Waals surface area (Å²) in [5.41, 5.74) is 1.09. The van der Waals surface area contributed by atoms with Crippen molar-refractivity contribution in [2.75, 3.05) is 0 Å². The van der Waals surface area contributed by atoms with Crippen molar-refractivity contribution in [3.05, 3.63) is 36.2 Å². The van der Waals surface area contributed by atoms with Gasteiger partial charge < -0.3 is 0 Å². The van der Waals surface area contributed by atoms with Gasteiger partial charge in [0.2, 0.25) is 0 Å². The van der Waals surface area contributed by atoms with E-state index < -0.39 is 0 Å². The van der Waals surface area contributed by atoms with Gasteiger partial charge in [-0.2, -0.15) is 5.10 Å². The minimum atomic E-state index is 0.791. The van der Waals surface area contributed by atoms with Gasteiger partial charge in [-0.25, -0.2) is 4.98 Å². The maximum absolute atomic E-state index is 4.64. The van der Waals surface area contributed by atoms with Gasteiger partial charge in [0.15, 0.2) is 5.82 Å². The number of hydrogen-bond acceptors (Lipinski definition) is 2. The lowest BCUT2D eigenvalue weighted by molar-refractivity contribution is 0.448. The van der Waals surface area contributed by atoms with Gasteiger partial charge in [-0.3, -0.25) is 5.10 Å². The highest BCUT2D eigenvalue weighted by Crippen LogP contribution is 2.25. The fourth-order valence-electron chi connectivity index (χ4n) is 2.94. The standard InChI is InChI=1S/C16H21N3/c1-2-5-9-13(8-4-1)12-15-17-16(19-18-15)14-10-6-3-7-11-14/h3,6-7,10-11,13H,1-2,4-5,8-9,12H2,(H,17,18,19). The second-order valence-electron chi connectivity index (χ2n) is 5.53. The molecule has 1 aromatic heterocycles. The fourth-order valence-corrected chi connectivity index (χ4v) is 2.94. The minimum Gasteiger partial charge on any atom is -0.263 e. The quantitative estimate of drug-likeness (QED) is 0.843. The van der Waals surface area contributed by atoms with Gasteiger partial charge in [-0.1, -0.05) is 68.9 Å². The van der Waals surface area contributed by atoms with Crippen LogP contribution in [0.15, 0.2) is 30.3 Å². The van der Waals surface area contributed by atoms with E-state index in [4.69, 9.17) is 0 Å². The van der Waals surface area contributed by atoms with Gasteiger partial charge in [-0.05, 0) is 5.92 Å². The number of aromatic amines is 1. The number of aromatic nitrogens is 3. The predicted molar refractivity (Wildman–Crippen MR) is 76.7 cm³/mol. The Hall–Kier alpha value is -1.64. The second kappa shape index (κ2) is 6.00. The molecule has 0 radical (unpaired) electrons. The van der Waals surface area contributed by atoms with Crippen LogP contribution < -0.4 is 0 Å². The van der Waals surface area contributed by atoms with E-state index in [1.807, 2.05) is 18.2 Å². The van der Waals surface area contributed by atoms with Crippen LogP contribution in [-0.2, 0) is 6.42 Å². The average Bonchev–Trinajstić information content (AvgIpc) is 2.76. The molecule has 1 heterocycles. The van der Waals surface area contributed by atoms with Crippen molar-refractivity contribution in [2.24, 2.45) is 5.92 Å². The number of benzene rings is 1. The first-order valence-corrected chi connectivity index (χ1v) is 7.38. The van der Waals surface area contributed by atoms with Crippen molar-refractivity contribution < 1.29 is 0 Å². The number of H-pyrrole nitrogens is 1. The Bertz CT molecular complexity index is 496. The summed E-state index contributed by atoms with van der Waals surface area (Å²) in [4.78, 5) is 4.64. The highest BCUT2D eigenvalue weighted by atomic mass is 15.2. The van der Waals surface area contributed by atoms with Crippen LogP contribution in [0.25, 0.3) is 11.4 Å². The summed E-state index contributed by atoms with van der Waals surface area (Å²) in [5.74, 6) is 2.66. The zero-order valence-electron chi connectivity index (χ0n) is 11.3. The molecule has 1 saturated carbocycles. The molecule has 0 amide bonds. The zero-order chi connectivity index (χ0) is 12.9. The summed E-state index contributed by atoms with van der Waals surface area (Å²) in [6.07, 6.45) is 9.32. The van der Waals surface area contributed by atoms with E-state index >= 15 is 0 Å². The lowest BCUT2D eigenvalue weighted by atomic mass is 9.96. The Kier molecular flexibility index (Phi) is 3.92. The number of hydrogen-bond donors (Lipinski definition) is 1. The van der Waals surface area contributed by atoms with Gasteiger partial charge in [0.25, 0.3) is 0 Å². The lowest BCUT2D eigenvalue weighted by Gasteiger charge is -2.10. The average molecular weight is 255 g/mol. The summed E-state index contributed by atoms with van der Waals surface area (Å²) in [6.45, 7) is 0. The molecular formula is C16H21N3. The third kappa shape index (κ3) is 3.22. The summed E-state index contributed by atoms with van der Waals surface area (Å²) in [5, 5.41) is 7.45. The molecule has 0 spiro atoms. The molecule has 19 heavy (non-hydrogen) atoms. The van der Waals surface area contributed by atoms with E-state index in [-0.39, 0.29) is 0 Å². The number of nitrogens with zero attached hydrogens (tertiary/aromatic N) is 2. The van der Waals surface area contributed by atoms with Crippen molar-refractivity contribution >= 4 is 0 Å². The highest BCUT2D eigenvalue weighted by Gasteiger charge is 2.15. The van der Waals surface area contributed by atoms with Crippen LogP contribution in [0.5, 0.6) is 0 Å². The molecule has 1 aromatic carbocycles. The van der Waals surface area contributed by atoms with E-state index in [1.54, 1.807) is 0 Å². The monoisotopic (exact) mass is 255 g/mol. The summed E-state index contributed by atoms with van der Waals surface area (Å²) in [7, 11) is 0. The van der Waals surface area contributed by atoms with Crippen molar-refractivity contribution in [1.29, 1.82) is 0 Å². The van der Waals surface area contributed by atoms with E-state index in [0.29, 0.717) is 0 Å². The minimum absolute atomic E-state index is 0.791. The van der Waals surface area contributed by atoms with E-state index in [9.17, 15) is 0 Å². The van der Waals surface area contributed by atoms with Gasteiger partial charge in [0.05, 0.1) is 0 Å². The topological polar surface area (TPSA) is 41.6 Å². The molecule has 0 aliphatic heterocycles. The van der Waals surface area contributed by atoms with Crippen molar-refractivity contribution in [3.63, 3.8) is 0 Å². The normalized spacial score (nSPS) is 17.3. The van der Waals surface area contributed by atoms with E-state index in [2.05, 4.69) is 27.3 Å². The smallest absolute Gasteiger partial charge is 0.181 e. The molecule has 1 aliphatic carbocycles. The number of rotatable bonds is 3. The molecule has 2 aromatic rings. The molecule has 3 nitrogen and oxygen atoms in total. The predicted octanol–water partition coefficient (Wildman–Crippen LogP) is 3.98. The van der Waals surface area contributed by atoms with Crippen LogP contribution in [0.1, 0.15) is 44.3 Å². The second-order valence-corrected chi connectivity index (χ2v) is 5.53. The number of nitrogens with one attached hydrogen (secondary N) is 1. The summed E-state index contributed by atoms with van der Waals surface area (Å²) < 4.78 is 0. The third-order valence-electron chi connectivity index (χ3n) is 4.02. The molecule has 0 saturated heterocycles. The molecule has 0 atom stereocenters. The molecule has 1 N–H and O–H groups in total. The molecule has 1 fully saturated rings. The molecular weight excluding hydrogens is 234 g/mol. The summed E-state index contributed by atoms with van der Waals surface area (Å²) >= 11 is 0. The first-order valence-electron chi connectivity index (χ1n) is 7.38. The molecule has 0 unspecified atom stereocenters. The molecule has 3 rings (SSSR count). The Morgan fingerprint density at radius 2 is 1.74 bits per heavy atom.